The number of piperazine rings is 1. The van der Waals surface area contributed by atoms with E-state index in [1.54, 1.807) is 0 Å². The van der Waals surface area contributed by atoms with E-state index in [4.69, 9.17) is 0 Å². The van der Waals surface area contributed by atoms with Gasteiger partial charge in [-0.1, -0.05) is 54.6 Å². The van der Waals surface area contributed by atoms with Crippen LogP contribution in [0.4, 0.5) is 5.69 Å². The Bertz CT molecular complexity index is 933. The van der Waals surface area contributed by atoms with Crippen molar-refractivity contribution in [3.8, 4) is 0 Å². The number of hydrogen-bond acceptors (Lipinski definition) is 3. The van der Waals surface area contributed by atoms with Gasteiger partial charge in [0.05, 0.1) is 12.6 Å². The summed E-state index contributed by atoms with van der Waals surface area (Å²) in [5.74, 6) is 0.0915. The van der Waals surface area contributed by atoms with Crippen LogP contribution in [0.15, 0.2) is 72.8 Å². The molecule has 0 saturated carbocycles. The van der Waals surface area contributed by atoms with E-state index in [1.807, 2.05) is 18.2 Å². The summed E-state index contributed by atoms with van der Waals surface area (Å²) >= 11 is 0. The van der Waals surface area contributed by atoms with E-state index in [0.29, 0.717) is 6.54 Å². The quantitative estimate of drug-likeness (QED) is 0.738. The van der Waals surface area contributed by atoms with E-state index in [0.717, 1.165) is 31.7 Å². The molecular formula is C24H27N3O. The normalized spacial score (nSPS) is 16.1. The lowest BCUT2D eigenvalue weighted by Crippen LogP contribution is -2.49. The number of carbonyl (C=O) groups is 1. The largest absolute Gasteiger partial charge is 0.369 e. The van der Waals surface area contributed by atoms with Crippen molar-refractivity contribution in [2.24, 2.45) is 0 Å². The van der Waals surface area contributed by atoms with Gasteiger partial charge < -0.3 is 10.2 Å². The highest BCUT2D eigenvalue weighted by atomic mass is 16.2. The van der Waals surface area contributed by atoms with Gasteiger partial charge in [0.2, 0.25) is 5.91 Å². The third-order valence-corrected chi connectivity index (χ3v) is 5.51. The molecule has 1 fully saturated rings. The third kappa shape index (κ3) is 4.34. The Kier molecular flexibility index (Phi) is 5.58. The average molecular weight is 374 g/mol. The molecule has 1 aliphatic heterocycles. The first kappa shape index (κ1) is 18.5. The van der Waals surface area contributed by atoms with E-state index < -0.39 is 0 Å². The number of nitrogens with zero attached hydrogens (tertiary/aromatic N) is 2. The second-order valence-electron chi connectivity index (χ2n) is 7.49. The van der Waals surface area contributed by atoms with Crippen molar-refractivity contribution in [1.29, 1.82) is 0 Å². The first-order chi connectivity index (χ1) is 13.7. The molecule has 0 radical (unpaired) electrons. The van der Waals surface area contributed by atoms with Gasteiger partial charge in [0.1, 0.15) is 0 Å². The Morgan fingerprint density at radius 2 is 1.57 bits per heavy atom. The smallest absolute Gasteiger partial charge is 0.234 e. The van der Waals surface area contributed by atoms with Crippen molar-refractivity contribution >= 4 is 22.4 Å². The number of anilines is 1. The van der Waals surface area contributed by atoms with E-state index in [9.17, 15) is 4.79 Å². The summed E-state index contributed by atoms with van der Waals surface area (Å²) in [4.78, 5) is 17.2. The number of carbonyl (C=O) groups excluding carboxylic acids is 1. The summed E-state index contributed by atoms with van der Waals surface area (Å²) in [5, 5.41) is 5.59. The molecule has 1 N–H and O–H groups in total. The zero-order valence-corrected chi connectivity index (χ0v) is 16.3. The van der Waals surface area contributed by atoms with Crippen LogP contribution in [0, 0.1) is 0 Å². The molecule has 4 heteroatoms. The Morgan fingerprint density at radius 1 is 0.893 bits per heavy atom. The number of fused-ring (bicyclic) bond motifs is 1. The van der Waals surface area contributed by atoms with E-state index in [1.165, 1.54) is 16.5 Å². The maximum absolute atomic E-state index is 12.5. The lowest BCUT2D eigenvalue weighted by Gasteiger charge is -2.35. The monoisotopic (exact) mass is 373 g/mol. The molecule has 1 unspecified atom stereocenters. The molecule has 3 aromatic carbocycles. The van der Waals surface area contributed by atoms with Crippen molar-refractivity contribution in [3.05, 3.63) is 78.4 Å². The van der Waals surface area contributed by atoms with Gasteiger partial charge >= 0.3 is 0 Å². The lowest BCUT2D eigenvalue weighted by molar-refractivity contribution is -0.123. The maximum atomic E-state index is 12.5. The molecule has 1 heterocycles. The SMILES string of the molecule is CC(NC(=O)CN1CCN(c2ccccc2)CC1)c1ccc2ccccc2c1. The minimum Gasteiger partial charge on any atom is -0.369 e. The second-order valence-corrected chi connectivity index (χ2v) is 7.49. The van der Waals surface area contributed by atoms with Crippen LogP contribution in [0.2, 0.25) is 0 Å². The van der Waals surface area contributed by atoms with Crippen LogP contribution in [-0.2, 0) is 4.79 Å². The second kappa shape index (κ2) is 8.44. The average Bonchev–Trinajstić information content (AvgIpc) is 2.74. The van der Waals surface area contributed by atoms with E-state index >= 15 is 0 Å². The topological polar surface area (TPSA) is 35.6 Å². The van der Waals surface area contributed by atoms with Gasteiger partial charge in [0.25, 0.3) is 0 Å². The molecule has 144 valence electrons. The zero-order chi connectivity index (χ0) is 19.3. The molecule has 1 saturated heterocycles. The predicted molar refractivity (Wildman–Crippen MR) is 116 cm³/mol. The number of para-hydroxylation sites is 1. The van der Waals surface area contributed by atoms with Crippen LogP contribution in [0.1, 0.15) is 18.5 Å². The Balaban J connectivity index is 1.29. The number of benzene rings is 3. The summed E-state index contributed by atoms with van der Waals surface area (Å²) < 4.78 is 0. The van der Waals surface area contributed by atoms with Crippen molar-refractivity contribution in [3.63, 3.8) is 0 Å². The maximum Gasteiger partial charge on any atom is 0.234 e. The van der Waals surface area contributed by atoms with Crippen LogP contribution in [0.5, 0.6) is 0 Å². The van der Waals surface area contributed by atoms with Gasteiger partial charge in [-0.25, -0.2) is 0 Å². The first-order valence-electron chi connectivity index (χ1n) is 9.99. The fourth-order valence-corrected chi connectivity index (χ4v) is 3.85. The van der Waals surface area contributed by atoms with Crippen molar-refractivity contribution < 1.29 is 4.79 Å². The van der Waals surface area contributed by atoms with Crippen molar-refractivity contribution in [2.45, 2.75) is 13.0 Å². The van der Waals surface area contributed by atoms with Crippen molar-refractivity contribution in [1.82, 2.24) is 10.2 Å². The van der Waals surface area contributed by atoms with Gasteiger partial charge in [-0.15, -0.1) is 0 Å². The third-order valence-electron chi connectivity index (χ3n) is 5.51. The highest BCUT2D eigenvalue weighted by molar-refractivity contribution is 5.83. The number of nitrogens with one attached hydrogen (secondary N) is 1. The molecule has 4 nitrogen and oxygen atoms in total. The summed E-state index contributed by atoms with van der Waals surface area (Å²) in [7, 11) is 0. The minimum absolute atomic E-state index is 0.00251. The standard InChI is InChI=1S/C24H27N3O/c1-19(21-12-11-20-7-5-6-8-22(20)17-21)25-24(28)18-26-13-15-27(16-14-26)23-9-3-2-4-10-23/h2-12,17,19H,13-16,18H2,1H3,(H,25,28). The van der Waals surface area contributed by atoms with Gasteiger partial charge in [-0.3, -0.25) is 9.69 Å². The summed E-state index contributed by atoms with van der Waals surface area (Å²) in [5.41, 5.74) is 2.40. The fraction of sp³-hybridized carbons (Fsp3) is 0.292. The Morgan fingerprint density at radius 3 is 2.32 bits per heavy atom. The van der Waals surface area contributed by atoms with Crippen LogP contribution in [0.3, 0.4) is 0 Å². The first-order valence-corrected chi connectivity index (χ1v) is 9.99. The number of hydrogen-bond donors (Lipinski definition) is 1. The van der Waals surface area contributed by atoms with E-state index in [2.05, 4.69) is 76.6 Å². The van der Waals surface area contributed by atoms with Crippen molar-refractivity contribution in [2.75, 3.05) is 37.6 Å². The fourth-order valence-electron chi connectivity index (χ4n) is 3.85. The minimum atomic E-state index is 0.00251. The summed E-state index contributed by atoms with van der Waals surface area (Å²) in [6, 6.07) is 25.2. The van der Waals surface area contributed by atoms with Gasteiger partial charge in [-0.05, 0) is 41.5 Å². The van der Waals surface area contributed by atoms with Gasteiger partial charge in [0, 0.05) is 31.9 Å². The van der Waals surface area contributed by atoms with Crippen LogP contribution in [0.25, 0.3) is 10.8 Å². The molecular weight excluding hydrogens is 346 g/mol. The van der Waals surface area contributed by atoms with Gasteiger partial charge in [-0.2, -0.15) is 0 Å². The summed E-state index contributed by atoms with van der Waals surface area (Å²) in [6.45, 7) is 6.24. The molecule has 0 spiro atoms. The predicted octanol–water partition coefficient (Wildman–Crippen LogP) is 3.84. The van der Waals surface area contributed by atoms with E-state index in [-0.39, 0.29) is 11.9 Å². The highest BCUT2D eigenvalue weighted by Crippen LogP contribution is 2.20. The Labute approximate surface area is 166 Å². The molecule has 4 rings (SSSR count). The highest BCUT2D eigenvalue weighted by Gasteiger charge is 2.20. The molecule has 1 atom stereocenters. The molecule has 0 aromatic heterocycles. The number of amides is 1. The van der Waals surface area contributed by atoms with Crippen LogP contribution < -0.4 is 10.2 Å². The molecule has 1 aliphatic rings. The molecule has 28 heavy (non-hydrogen) atoms. The van der Waals surface area contributed by atoms with Gasteiger partial charge in [0.15, 0.2) is 0 Å². The molecule has 0 aliphatic carbocycles. The zero-order valence-electron chi connectivity index (χ0n) is 16.3. The number of rotatable bonds is 5. The molecule has 1 amide bonds. The Hall–Kier alpha value is -2.85. The molecule has 0 bridgehead atoms. The van der Waals surface area contributed by atoms with Crippen LogP contribution in [-0.4, -0.2) is 43.5 Å². The summed E-state index contributed by atoms with van der Waals surface area (Å²) in [6.07, 6.45) is 0. The lowest BCUT2D eigenvalue weighted by atomic mass is 10.0. The molecule has 3 aromatic rings. The van der Waals surface area contributed by atoms with Crippen LogP contribution >= 0.6 is 0 Å².